The van der Waals surface area contributed by atoms with E-state index in [4.69, 9.17) is 11.6 Å². The van der Waals surface area contributed by atoms with Crippen LogP contribution in [-0.4, -0.2) is 29.7 Å². The lowest BCUT2D eigenvalue weighted by atomic mass is 9.88. The lowest BCUT2D eigenvalue weighted by molar-refractivity contribution is -0.143. The van der Waals surface area contributed by atoms with Crippen LogP contribution in [0, 0.1) is 5.92 Å². The molecule has 0 aromatic heterocycles. The number of nitrogens with zero attached hydrogens (tertiary/aromatic N) is 1. The predicted octanol–water partition coefficient (Wildman–Crippen LogP) is 6.04. The molecule has 1 aliphatic heterocycles. The molecule has 1 heterocycles. The molecule has 0 spiro atoms. The zero-order valence-electron chi connectivity index (χ0n) is 16.6. The van der Waals surface area contributed by atoms with Crippen LogP contribution < -0.4 is 0 Å². The van der Waals surface area contributed by atoms with E-state index in [0.717, 1.165) is 0 Å². The van der Waals surface area contributed by atoms with Crippen LogP contribution in [0.5, 0.6) is 0 Å². The first kappa shape index (κ1) is 24.1. The number of carbonyl (C=O) groups excluding carboxylic acids is 2. The number of likely N-dealkylation sites (tertiary alicyclic amines) is 1. The molecular weight excluding hydrogens is 460 g/mol. The normalized spacial score (nSPS) is 15.7. The van der Waals surface area contributed by atoms with E-state index in [-0.39, 0.29) is 43.5 Å². The Bertz CT molecular complexity index is 961. The minimum atomic E-state index is -4.97. The molecule has 1 fully saturated rings. The SMILES string of the molecule is O=C(Cc1cc(C(F)(F)F)cc(C(F)(F)F)c1)C1CCN(C(=O)c2ccc(Cl)cc2)CC1. The van der Waals surface area contributed by atoms with E-state index in [0.29, 0.717) is 22.7 Å². The number of halogens is 7. The number of carbonyl (C=O) groups is 2. The van der Waals surface area contributed by atoms with Crippen LogP contribution in [0.15, 0.2) is 42.5 Å². The van der Waals surface area contributed by atoms with Crippen LogP contribution in [0.25, 0.3) is 0 Å². The standard InChI is InChI=1S/C22H18ClF6NO2/c23-18-3-1-15(2-4-18)20(32)30-7-5-14(6-8-30)19(31)11-13-9-16(21(24,25)26)12-17(10-13)22(27,28)29/h1-4,9-10,12,14H,5-8,11H2. The minimum Gasteiger partial charge on any atom is -0.339 e. The van der Waals surface area contributed by atoms with E-state index < -0.39 is 41.6 Å². The Labute approximate surface area is 185 Å². The third-order valence-electron chi connectivity index (χ3n) is 5.35. The van der Waals surface area contributed by atoms with Crippen molar-refractivity contribution in [1.82, 2.24) is 4.90 Å². The largest absolute Gasteiger partial charge is 0.416 e. The van der Waals surface area contributed by atoms with E-state index in [1.54, 1.807) is 29.2 Å². The summed E-state index contributed by atoms with van der Waals surface area (Å²) >= 11 is 5.80. The molecule has 0 radical (unpaired) electrons. The maximum atomic E-state index is 13.0. The molecule has 3 rings (SSSR count). The molecule has 0 N–H and O–H groups in total. The van der Waals surface area contributed by atoms with Crippen LogP contribution >= 0.6 is 11.6 Å². The van der Waals surface area contributed by atoms with Crippen LogP contribution in [0.3, 0.4) is 0 Å². The molecule has 172 valence electrons. The summed E-state index contributed by atoms with van der Waals surface area (Å²) in [6, 6.07) is 7.50. The number of Topliss-reactive ketones (excluding diaryl/α,β-unsaturated/α-hetero) is 1. The first-order chi connectivity index (χ1) is 14.8. The van der Waals surface area contributed by atoms with Crippen molar-refractivity contribution in [3.05, 3.63) is 69.7 Å². The molecular formula is C22H18ClF6NO2. The Morgan fingerprint density at radius 2 is 1.38 bits per heavy atom. The van der Waals surface area contributed by atoms with Crippen LogP contribution in [-0.2, 0) is 23.6 Å². The van der Waals surface area contributed by atoms with Crippen LogP contribution in [0.4, 0.5) is 26.3 Å². The molecule has 0 bridgehead atoms. The lowest BCUT2D eigenvalue weighted by Crippen LogP contribution is -2.40. The van der Waals surface area contributed by atoms with Crippen molar-refractivity contribution in [2.24, 2.45) is 5.92 Å². The summed E-state index contributed by atoms with van der Waals surface area (Å²) in [7, 11) is 0. The van der Waals surface area contributed by atoms with Crippen molar-refractivity contribution in [3.63, 3.8) is 0 Å². The van der Waals surface area contributed by atoms with Gasteiger partial charge in [0.2, 0.25) is 0 Å². The van der Waals surface area contributed by atoms with E-state index >= 15 is 0 Å². The van der Waals surface area contributed by atoms with Gasteiger partial charge in [0.1, 0.15) is 5.78 Å². The van der Waals surface area contributed by atoms with Crippen molar-refractivity contribution < 1.29 is 35.9 Å². The molecule has 0 saturated carbocycles. The highest BCUT2D eigenvalue weighted by atomic mass is 35.5. The highest BCUT2D eigenvalue weighted by molar-refractivity contribution is 6.30. The van der Waals surface area contributed by atoms with Gasteiger partial charge in [-0.15, -0.1) is 0 Å². The van der Waals surface area contributed by atoms with Crippen molar-refractivity contribution >= 4 is 23.3 Å². The number of alkyl halides is 6. The van der Waals surface area contributed by atoms with E-state index in [9.17, 15) is 35.9 Å². The van der Waals surface area contributed by atoms with Gasteiger partial charge in [-0.1, -0.05) is 11.6 Å². The molecule has 0 unspecified atom stereocenters. The van der Waals surface area contributed by atoms with Crippen molar-refractivity contribution in [2.45, 2.75) is 31.6 Å². The van der Waals surface area contributed by atoms with Gasteiger partial charge in [-0.25, -0.2) is 0 Å². The van der Waals surface area contributed by atoms with Crippen LogP contribution in [0.2, 0.25) is 5.02 Å². The summed E-state index contributed by atoms with van der Waals surface area (Å²) in [5.41, 5.74) is -2.79. The highest BCUT2D eigenvalue weighted by Gasteiger charge is 2.37. The van der Waals surface area contributed by atoms with Gasteiger partial charge in [0.25, 0.3) is 5.91 Å². The smallest absolute Gasteiger partial charge is 0.339 e. The van der Waals surface area contributed by atoms with Gasteiger partial charge in [-0.05, 0) is 60.9 Å². The summed E-state index contributed by atoms with van der Waals surface area (Å²) in [6.07, 6.45) is -9.91. The second kappa shape index (κ2) is 9.13. The van der Waals surface area contributed by atoms with Gasteiger partial charge in [0, 0.05) is 36.0 Å². The topological polar surface area (TPSA) is 37.4 Å². The molecule has 10 heteroatoms. The number of ketones is 1. The second-order valence-corrected chi connectivity index (χ2v) is 8.07. The molecule has 2 aromatic carbocycles. The summed E-state index contributed by atoms with van der Waals surface area (Å²) in [5, 5.41) is 0.481. The third-order valence-corrected chi connectivity index (χ3v) is 5.61. The Kier molecular flexibility index (Phi) is 6.88. The van der Waals surface area contributed by atoms with Gasteiger partial charge in [0.15, 0.2) is 0 Å². The monoisotopic (exact) mass is 477 g/mol. The Hall–Kier alpha value is -2.55. The number of piperidine rings is 1. The summed E-state index contributed by atoms with van der Waals surface area (Å²) < 4.78 is 78.1. The Balaban J connectivity index is 1.67. The maximum Gasteiger partial charge on any atom is 0.416 e. The molecule has 0 atom stereocenters. The average molecular weight is 478 g/mol. The van der Waals surface area contributed by atoms with Gasteiger partial charge in [-0.3, -0.25) is 9.59 Å². The molecule has 1 aliphatic rings. The Morgan fingerprint density at radius 1 is 0.875 bits per heavy atom. The lowest BCUT2D eigenvalue weighted by Gasteiger charge is -2.31. The molecule has 1 saturated heterocycles. The van der Waals surface area contributed by atoms with E-state index in [1.165, 1.54) is 0 Å². The number of hydrogen-bond donors (Lipinski definition) is 0. The van der Waals surface area contributed by atoms with E-state index in [2.05, 4.69) is 0 Å². The van der Waals surface area contributed by atoms with Crippen molar-refractivity contribution in [3.8, 4) is 0 Å². The molecule has 3 nitrogen and oxygen atoms in total. The second-order valence-electron chi connectivity index (χ2n) is 7.63. The fraction of sp³-hybridized carbons (Fsp3) is 0.364. The number of benzene rings is 2. The van der Waals surface area contributed by atoms with Gasteiger partial charge in [-0.2, -0.15) is 26.3 Å². The molecule has 1 amide bonds. The maximum absolute atomic E-state index is 13.0. The number of rotatable bonds is 4. The highest BCUT2D eigenvalue weighted by Crippen LogP contribution is 2.36. The molecule has 32 heavy (non-hydrogen) atoms. The molecule has 2 aromatic rings. The fourth-order valence-electron chi connectivity index (χ4n) is 3.65. The Morgan fingerprint density at radius 3 is 1.84 bits per heavy atom. The fourth-order valence-corrected chi connectivity index (χ4v) is 3.77. The first-order valence-electron chi connectivity index (χ1n) is 9.70. The van der Waals surface area contributed by atoms with Crippen molar-refractivity contribution in [2.75, 3.05) is 13.1 Å². The van der Waals surface area contributed by atoms with Gasteiger partial charge >= 0.3 is 12.4 Å². The van der Waals surface area contributed by atoms with Crippen LogP contribution in [0.1, 0.15) is 39.9 Å². The van der Waals surface area contributed by atoms with Crippen molar-refractivity contribution in [1.29, 1.82) is 0 Å². The summed E-state index contributed by atoms with van der Waals surface area (Å²) in [6.45, 7) is 0.516. The zero-order valence-corrected chi connectivity index (χ0v) is 17.3. The zero-order chi connectivity index (χ0) is 23.7. The van der Waals surface area contributed by atoms with Gasteiger partial charge in [0.05, 0.1) is 11.1 Å². The van der Waals surface area contributed by atoms with E-state index in [1.807, 2.05) is 0 Å². The third kappa shape index (κ3) is 5.82. The number of hydrogen-bond acceptors (Lipinski definition) is 2. The number of amides is 1. The minimum absolute atomic E-state index is 0.0365. The first-order valence-corrected chi connectivity index (χ1v) is 10.1. The predicted molar refractivity (Wildman–Crippen MR) is 105 cm³/mol. The summed E-state index contributed by atoms with van der Waals surface area (Å²) in [5.74, 6) is -1.23. The quantitative estimate of drug-likeness (QED) is 0.503. The average Bonchev–Trinajstić information content (AvgIpc) is 2.72. The van der Waals surface area contributed by atoms with Gasteiger partial charge < -0.3 is 4.90 Å². The molecule has 0 aliphatic carbocycles. The summed E-state index contributed by atoms with van der Waals surface area (Å²) in [4.78, 5) is 26.7.